The molecule has 0 spiro atoms. The minimum absolute atomic E-state index is 0.0719. The van der Waals surface area contributed by atoms with E-state index in [1.807, 2.05) is 31.3 Å². The molecule has 0 saturated carbocycles. The highest BCUT2D eigenvalue weighted by molar-refractivity contribution is 6.23. The highest BCUT2D eigenvalue weighted by Crippen LogP contribution is 2.42. The lowest BCUT2D eigenvalue weighted by Gasteiger charge is -2.27. The predicted molar refractivity (Wildman–Crippen MR) is 206 cm³/mol. The van der Waals surface area contributed by atoms with Crippen LogP contribution in [0, 0.1) is 0 Å². The lowest BCUT2D eigenvalue weighted by Crippen LogP contribution is -2.54. The van der Waals surface area contributed by atoms with E-state index in [2.05, 4.69) is 27.3 Å². The number of aryl methyl sites for hydroxylation is 1. The van der Waals surface area contributed by atoms with Gasteiger partial charge in [-0.25, -0.2) is 4.98 Å². The van der Waals surface area contributed by atoms with Gasteiger partial charge in [0.05, 0.1) is 30.2 Å². The summed E-state index contributed by atoms with van der Waals surface area (Å²) >= 11 is 0. The van der Waals surface area contributed by atoms with E-state index in [9.17, 15) is 24.0 Å². The van der Waals surface area contributed by atoms with Gasteiger partial charge >= 0.3 is 0 Å². The van der Waals surface area contributed by atoms with Crippen LogP contribution in [0.1, 0.15) is 77.6 Å². The van der Waals surface area contributed by atoms with Crippen molar-refractivity contribution in [2.45, 2.75) is 63.8 Å². The van der Waals surface area contributed by atoms with Gasteiger partial charge in [0.1, 0.15) is 23.4 Å². The van der Waals surface area contributed by atoms with Crippen LogP contribution < -0.4 is 30.1 Å². The van der Waals surface area contributed by atoms with Crippen LogP contribution in [0.5, 0.6) is 11.5 Å². The number of nitrogens with zero attached hydrogens (tertiary/aromatic N) is 5. The quantitative estimate of drug-likeness (QED) is 0.141. The summed E-state index contributed by atoms with van der Waals surface area (Å²) < 4.78 is 13.3. The van der Waals surface area contributed by atoms with Crippen molar-refractivity contribution in [1.82, 2.24) is 19.8 Å². The van der Waals surface area contributed by atoms with Crippen molar-refractivity contribution < 1.29 is 28.7 Å². The third kappa shape index (κ3) is 7.02. The van der Waals surface area contributed by atoms with Crippen LogP contribution in [-0.4, -0.2) is 85.0 Å². The first kappa shape index (κ1) is 36.6. The van der Waals surface area contributed by atoms with Gasteiger partial charge < -0.3 is 23.8 Å². The molecule has 4 aromatic rings. The zero-order valence-corrected chi connectivity index (χ0v) is 31.3. The van der Waals surface area contributed by atoms with Gasteiger partial charge in [0.15, 0.2) is 0 Å². The number of ether oxygens (including phenoxy) is 2. The van der Waals surface area contributed by atoms with Gasteiger partial charge in [-0.15, -0.1) is 0 Å². The zero-order valence-electron chi connectivity index (χ0n) is 31.3. The Morgan fingerprint density at radius 2 is 1.57 bits per heavy atom. The number of imide groups is 2. The number of anilines is 2. The first-order chi connectivity index (χ1) is 26.0. The number of hydrogen-bond donors (Lipinski definition) is 1. The highest BCUT2D eigenvalue weighted by Gasteiger charge is 2.44. The third-order valence-corrected chi connectivity index (χ3v) is 10.7. The van der Waals surface area contributed by atoms with E-state index in [1.54, 1.807) is 43.1 Å². The lowest BCUT2D eigenvalue weighted by atomic mass is 9.95. The van der Waals surface area contributed by atoms with Gasteiger partial charge in [-0.05, 0) is 67.1 Å². The second kappa shape index (κ2) is 15.3. The van der Waals surface area contributed by atoms with Crippen molar-refractivity contribution in [3.8, 4) is 22.6 Å². The Hall–Kier alpha value is -5.72. The maximum atomic E-state index is 13.1. The fourth-order valence-electron chi connectivity index (χ4n) is 7.78. The maximum Gasteiger partial charge on any atom is 0.262 e. The molecule has 54 heavy (non-hydrogen) atoms. The molecular formula is C41H46N6O7. The molecule has 0 radical (unpaired) electrons. The van der Waals surface area contributed by atoms with Gasteiger partial charge in [-0.2, -0.15) is 0 Å². The monoisotopic (exact) mass is 734 g/mol. The zero-order chi connectivity index (χ0) is 38.1. The third-order valence-electron chi connectivity index (χ3n) is 10.7. The minimum Gasteiger partial charge on any atom is -0.497 e. The number of carbonyl (C=O) groups is 4. The summed E-state index contributed by atoms with van der Waals surface area (Å²) in [6.45, 7) is 2.37. The van der Waals surface area contributed by atoms with E-state index in [1.165, 1.54) is 11.3 Å². The Balaban J connectivity index is 0.896. The van der Waals surface area contributed by atoms with E-state index in [4.69, 9.17) is 9.47 Å². The van der Waals surface area contributed by atoms with Gasteiger partial charge in [0.25, 0.3) is 17.4 Å². The minimum atomic E-state index is -0.989. The largest absolute Gasteiger partial charge is 0.497 e. The molecule has 13 heteroatoms. The summed E-state index contributed by atoms with van der Waals surface area (Å²) in [6.07, 6.45) is 11.0. The summed E-state index contributed by atoms with van der Waals surface area (Å²) in [5, 5.41) is 3.69. The van der Waals surface area contributed by atoms with Crippen LogP contribution in [0.4, 0.5) is 11.5 Å². The molecule has 13 nitrogen and oxygen atoms in total. The maximum absolute atomic E-state index is 13.1. The Kier molecular flexibility index (Phi) is 10.4. The summed E-state index contributed by atoms with van der Waals surface area (Å²) in [5.74, 6) is -0.00899. The number of hydrogen-bond acceptors (Lipinski definition) is 10. The van der Waals surface area contributed by atoms with Crippen LogP contribution in [0.25, 0.3) is 21.9 Å². The van der Waals surface area contributed by atoms with E-state index in [0.29, 0.717) is 17.7 Å². The van der Waals surface area contributed by atoms with Crippen molar-refractivity contribution in [3.63, 3.8) is 0 Å². The number of unbranched alkanes of at least 4 members (excludes halogenated alkanes) is 5. The normalized spacial score (nSPS) is 16.6. The van der Waals surface area contributed by atoms with Crippen LogP contribution in [0.2, 0.25) is 0 Å². The standard InChI is InChI=1S/C41H46N6O7/c1-44(2)36-22-30-32(23-42-36)39(50)45(3)24-33(30)29-20-26(53-4)21-35-27(29)15-17-46(35)16-9-7-5-6-8-10-18-54-25-11-12-28-31(19-25)41(52)47(40(28)51)34-13-14-37(48)43-38(34)49/h11-12,19-24,34H,5-10,13-18H2,1-4H3,(H,43,48,49). The number of benzene rings is 2. The average Bonchev–Trinajstić information content (AvgIpc) is 3.68. The first-order valence-electron chi connectivity index (χ1n) is 18.7. The lowest BCUT2D eigenvalue weighted by molar-refractivity contribution is -0.136. The van der Waals surface area contributed by atoms with E-state index >= 15 is 0 Å². The Morgan fingerprint density at radius 3 is 2.33 bits per heavy atom. The molecule has 282 valence electrons. The SMILES string of the molecule is COc1cc(-c2cn(C)c(=O)c3cnc(N(C)C)cc23)c2c(c1)N(CCCCCCCCOc1ccc3c(c1)C(=O)N(C1CCC(=O)NC1=O)C3=O)CC2. The van der Waals surface area contributed by atoms with Crippen LogP contribution in [-0.2, 0) is 23.1 Å². The predicted octanol–water partition coefficient (Wildman–Crippen LogP) is 4.86. The fraction of sp³-hybridized carbons (Fsp3) is 0.415. The molecule has 0 aliphatic carbocycles. The number of nitrogens with one attached hydrogen (secondary N) is 1. The molecule has 1 atom stereocenters. The number of carbonyl (C=O) groups excluding carboxylic acids is 4. The second-order valence-electron chi connectivity index (χ2n) is 14.5. The van der Waals surface area contributed by atoms with Crippen LogP contribution >= 0.6 is 0 Å². The topological polar surface area (TPSA) is 143 Å². The van der Waals surface area contributed by atoms with Gasteiger partial charge in [-0.1, -0.05) is 25.7 Å². The summed E-state index contributed by atoms with van der Waals surface area (Å²) in [6, 6.07) is 10.0. The fourth-order valence-corrected chi connectivity index (χ4v) is 7.78. The number of rotatable bonds is 14. The van der Waals surface area contributed by atoms with Crippen molar-refractivity contribution in [3.05, 3.63) is 75.8 Å². The second-order valence-corrected chi connectivity index (χ2v) is 14.5. The molecule has 5 heterocycles. The van der Waals surface area contributed by atoms with Gasteiger partial charge in [0.2, 0.25) is 11.8 Å². The highest BCUT2D eigenvalue weighted by atomic mass is 16.5. The summed E-state index contributed by atoms with van der Waals surface area (Å²) in [5.41, 5.74) is 4.92. The smallest absolute Gasteiger partial charge is 0.262 e. The molecule has 3 aliphatic rings. The first-order valence-corrected chi connectivity index (χ1v) is 18.7. The number of methoxy groups -OCH3 is 1. The van der Waals surface area contributed by atoms with E-state index in [-0.39, 0.29) is 29.5 Å². The van der Waals surface area contributed by atoms with E-state index < -0.39 is 29.7 Å². The van der Waals surface area contributed by atoms with Crippen molar-refractivity contribution in [2.24, 2.45) is 7.05 Å². The molecule has 7 rings (SSSR count). The van der Waals surface area contributed by atoms with Gasteiger partial charge in [-0.3, -0.25) is 34.2 Å². The van der Waals surface area contributed by atoms with Crippen molar-refractivity contribution in [2.75, 3.05) is 50.7 Å². The molecule has 2 aromatic carbocycles. The number of piperidine rings is 1. The van der Waals surface area contributed by atoms with Crippen molar-refractivity contribution >= 4 is 45.9 Å². The average molecular weight is 735 g/mol. The summed E-state index contributed by atoms with van der Waals surface area (Å²) in [7, 11) is 7.37. The molecule has 1 unspecified atom stereocenters. The Morgan fingerprint density at radius 1 is 0.833 bits per heavy atom. The molecule has 3 aliphatic heterocycles. The van der Waals surface area contributed by atoms with Crippen molar-refractivity contribution in [1.29, 1.82) is 0 Å². The van der Waals surface area contributed by atoms with E-state index in [0.717, 1.165) is 91.0 Å². The number of amides is 4. The Bertz CT molecular complexity index is 2210. The van der Waals surface area contributed by atoms with Crippen LogP contribution in [0.15, 0.2) is 53.6 Å². The molecular weight excluding hydrogens is 688 g/mol. The molecule has 1 N–H and O–H groups in total. The molecule has 4 amide bonds. The number of fused-ring (bicyclic) bond motifs is 3. The number of pyridine rings is 2. The van der Waals surface area contributed by atoms with Crippen LogP contribution in [0.3, 0.4) is 0 Å². The molecule has 1 fully saturated rings. The number of aromatic nitrogens is 2. The molecule has 2 aromatic heterocycles. The Labute approximate surface area is 313 Å². The summed E-state index contributed by atoms with van der Waals surface area (Å²) in [4.78, 5) is 72.8. The molecule has 1 saturated heterocycles. The van der Waals surface area contributed by atoms with Gasteiger partial charge in [0, 0.05) is 75.8 Å². The molecule has 0 bridgehead atoms.